The Kier molecular flexibility index (Phi) is 4.39. The van der Waals surface area contributed by atoms with Crippen molar-refractivity contribution >= 4 is 11.8 Å². The van der Waals surface area contributed by atoms with E-state index in [1.54, 1.807) is 6.07 Å². The molecule has 0 aromatic carbocycles. The molecule has 0 bridgehead atoms. The summed E-state index contributed by atoms with van der Waals surface area (Å²) in [5, 5.41) is 12.5. The molecule has 1 saturated carbocycles. The Morgan fingerprint density at radius 2 is 2.19 bits per heavy atom. The van der Waals surface area contributed by atoms with Gasteiger partial charge in [-0.15, -0.1) is 0 Å². The van der Waals surface area contributed by atoms with E-state index >= 15 is 0 Å². The zero-order valence-corrected chi connectivity index (χ0v) is 12.2. The molecular weight excluding hydrogens is 268 g/mol. The monoisotopic (exact) mass is 290 g/mol. The third kappa shape index (κ3) is 3.73. The first-order valence-electron chi connectivity index (χ1n) is 7.82. The molecule has 5 nitrogen and oxygen atoms in total. The maximum absolute atomic E-state index is 11.4. The van der Waals surface area contributed by atoms with Gasteiger partial charge in [-0.3, -0.25) is 0 Å². The number of hydrogen-bond acceptors (Lipinski definition) is 4. The van der Waals surface area contributed by atoms with Gasteiger partial charge >= 0.3 is 5.97 Å². The first-order chi connectivity index (χ1) is 10.2. The van der Waals surface area contributed by atoms with E-state index in [9.17, 15) is 9.90 Å². The summed E-state index contributed by atoms with van der Waals surface area (Å²) in [6.07, 6.45) is 6.70. The molecule has 5 heteroatoms. The second-order valence-corrected chi connectivity index (χ2v) is 5.95. The molecule has 2 aliphatic carbocycles. The summed E-state index contributed by atoms with van der Waals surface area (Å²) in [6, 6.07) is 1.79. The van der Waals surface area contributed by atoms with Crippen LogP contribution < -0.4 is 5.32 Å². The van der Waals surface area contributed by atoms with Gasteiger partial charge in [0.1, 0.15) is 11.4 Å². The number of nitrogens with one attached hydrogen (secondary N) is 1. The minimum absolute atomic E-state index is 0.276. The predicted octanol–water partition coefficient (Wildman–Crippen LogP) is 2.50. The van der Waals surface area contributed by atoms with E-state index < -0.39 is 5.97 Å². The zero-order chi connectivity index (χ0) is 14.7. The van der Waals surface area contributed by atoms with Crippen LogP contribution in [0.1, 0.15) is 47.3 Å². The van der Waals surface area contributed by atoms with Crippen molar-refractivity contribution in [3.05, 3.63) is 22.9 Å². The van der Waals surface area contributed by atoms with Gasteiger partial charge in [0.15, 0.2) is 0 Å². The Morgan fingerprint density at radius 1 is 1.38 bits per heavy atom. The lowest BCUT2D eigenvalue weighted by Crippen LogP contribution is -2.17. The van der Waals surface area contributed by atoms with E-state index in [0.29, 0.717) is 19.0 Å². The molecule has 0 unspecified atom stereocenters. The van der Waals surface area contributed by atoms with E-state index in [1.807, 2.05) is 0 Å². The third-order valence-corrected chi connectivity index (χ3v) is 4.12. The van der Waals surface area contributed by atoms with Crippen molar-refractivity contribution in [2.75, 3.05) is 25.1 Å². The fourth-order valence-corrected chi connectivity index (χ4v) is 2.71. The molecule has 1 aromatic heterocycles. The lowest BCUT2D eigenvalue weighted by atomic mass is 9.95. The summed E-state index contributed by atoms with van der Waals surface area (Å²) in [5.74, 6) is 0.317. The van der Waals surface area contributed by atoms with Gasteiger partial charge in [0.05, 0.1) is 6.61 Å². The molecule has 2 aliphatic rings. The van der Waals surface area contributed by atoms with Crippen LogP contribution in [0.15, 0.2) is 6.07 Å². The van der Waals surface area contributed by atoms with Crippen molar-refractivity contribution in [3.8, 4) is 0 Å². The number of rotatable bonds is 7. The van der Waals surface area contributed by atoms with Gasteiger partial charge in [-0.05, 0) is 56.1 Å². The number of carbonyl (C=O) groups is 1. The van der Waals surface area contributed by atoms with Crippen LogP contribution in [-0.2, 0) is 17.6 Å². The average molecular weight is 290 g/mol. The molecular formula is C16H22N2O3. The number of aromatic carboxylic acids is 1. The van der Waals surface area contributed by atoms with Crippen molar-refractivity contribution in [3.63, 3.8) is 0 Å². The summed E-state index contributed by atoms with van der Waals surface area (Å²) in [6.45, 7) is 2.01. The van der Waals surface area contributed by atoms with Gasteiger partial charge in [0.25, 0.3) is 0 Å². The number of carboxylic acid groups (broad SMARTS) is 1. The Labute approximate surface area is 124 Å². The second-order valence-electron chi connectivity index (χ2n) is 5.95. The molecule has 1 heterocycles. The summed E-state index contributed by atoms with van der Waals surface area (Å²) >= 11 is 0. The van der Waals surface area contributed by atoms with E-state index in [2.05, 4.69) is 10.3 Å². The van der Waals surface area contributed by atoms with E-state index in [0.717, 1.165) is 49.5 Å². The Morgan fingerprint density at radius 3 is 2.95 bits per heavy atom. The van der Waals surface area contributed by atoms with Gasteiger partial charge in [-0.25, -0.2) is 9.78 Å². The third-order valence-electron chi connectivity index (χ3n) is 4.12. The SMILES string of the molecule is O=C(O)c1cc2c(nc1NCCOCC1CC1)CCCC2. The fourth-order valence-electron chi connectivity index (χ4n) is 2.71. The molecule has 0 radical (unpaired) electrons. The maximum Gasteiger partial charge on any atom is 0.339 e. The first kappa shape index (κ1) is 14.3. The maximum atomic E-state index is 11.4. The fraction of sp³-hybridized carbons (Fsp3) is 0.625. The van der Waals surface area contributed by atoms with Gasteiger partial charge in [-0.1, -0.05) is 0 Å². The lowest BCUT2D eigenvalue weighted by molar-refractivity contribution is 0.0697. The molecule has 1 aromatic rings. The molecule has 0 aliphatic heterocycles. The number of pyridine rings is 1. The number of ether oxygens (including phenoxy) is 1. The molecule has 0 saturated heterocycles. The molecule has 3 rings (SSSR count). The quantitative estimate of drug-likeness (QED) is 0.755. The minimum Gasteiger partial charge on any atom is -0.478 e. The smallest absolute Gasteiger partial charge is 0.339 e. The normalized spacial score (nSPS) is 17.3. The van der Waals surface area contributed by atoms with Crippen molar-refractivity contribution in [1.29, 1.82) is 0 Å². The minimum atomic E-state index is -0.919. The van der Waals surface area contributed by atoms with Crippen LogP contribution >= 0.6 is 0 Å². The van der Waals surface area contributed by atoms with Crippen molar-refractivity contribution in [2.24, 2.45) is 5.92 Å². The van der Waals surface area contributed by atoms with Crippen molar-refractivity contribution < 1.29 is 14.6 Å². The summed E-state index contributed by atoms with van der Waals surface area (Å²) < 4.78 is 5.55. The first-order valence-corrected chi connectivity index (χ1v) is 7.82. The van der Waals surface area contributed by atoms with Crippen LogP contribution in [0.3, 0.4) is 0 Å². The standard InChI is InChI=1S/C16H22N2O3/c19-16(20)13-9-12-3-1-2-4-14(12)18-15(13)17-7-8-21-10-11-5-6-11/h9,11H,1-8,10H2,(H,17,18)(H,19,20). The van der Waals surface area contributed by atoms with Crippen molar-refractivity contribution in [1.82, 2.24) is 4.98 Å². The van der Waals surface area contributed by atoms with Crippen LogP contribution in [0.4, 0.5) is 5.82 Å². The van der Waals surface area contributed by atoms with E-state index in [4.69, 9.17) is 4.74 Å². The number of aromatic nitrogens is 1. The van der Waals surface area contributed by atoms with Gasteiger partial charge in [0, 0.05) is 18.8 Å². The Balaban J connectivity index is 1.62. The Hall–Kier alpha value is -1.62. The molecule has 0 amide bonds. The van der Waals surface area contributed by atoms with Gasteiger partial charge < -0.3 is 15.2 Å². The summed E-state index contributed by atoms with van der Waals surface area (Å²) in [5.41, 5.74) is 2.42. The molecule has 114 valence electrons. The Bertz CT molecular complexity index is 526. The van der Waals surface area contributed by atoms with E-state index in [-0.39, 0.29) is 5.56 Å². The topological polar surface area (TPSA) is 71.5 Å². The van der Waals surface area contributed by atoms with Crippen LogP contribution in [0.2, 0.25) is 0 Å². The van der Waals surface area contributed by atoms with E-state index in [1.165, 1.54) is 12.8 Å². The zero-order valence-electron chi connectivity index (χ0n) is 12.2. The highest BCUT2D eigenvalue weighted by molar-refractivity contribution is 5.93. The number of hydrogen-bond donors (Lipinski definition) is 2. The molecule has 0 spiro atoms. The highest BCUT2D eigenvalue weighted by Gasteiger charge is 2.21. The van der Waals surface area contributed by atoms with Crippen LogP contribution in [0.5, 0.6) is 0 Å². The number of nitrogens with zero attached hydrogens (tertiary/aromatic N) is 1. The van der Waals surface area contributed by atoms with Gasteiger partial charge in [-0.2, -0.15) is 0 Å². The predicted molar refractivity (Wildman–Crippen MR) is 79.9 cm³/mol. The van der Waals surface area contributed by atoms with Gasteiger partial charge in [0.2, 0.25) is 0 Å². The molecule has 21 heavy (non-hydrogen) atoms. The van der Waals surface area contributed by atoms with Crippen molar-refractivity contribution in [2.45, 2.75) is 38.5 Å². The van der Waals surface area contributed by atoms with Crippen LogP contribution in [0.25, 0.3) is 0 Å². The number of carboxylic acids is 1. The molecule has 2 N–H and O–H groups in total. The lowest BCUT2D eigenvalue weighted by Gasteiger charge is -2.18. The van der Waals surface area contributed by atoms with Crippen LogP contribution in [-0.4, -0.2) is 35.8 Å². The number of fused-ring (bicyclic) bond motifs is 1. The number of aryl methyl sites for hydroxylation is 2. The molecule has 0 atom stereocenters. The highest BCUT2D eigenvalue weighted by atomic mass is 16.5. The highest BCUT2D eigenvalue weighted by Crippen LogP contribution is 2.28. The second kappa shape index (κ2) is 6.43. The summed E-state index contributed by atoms with van der Waals surface area (Å²) in [4.78, 5) is 15.9. The molecule has 1 fully saturated rings. The average Bonchev–Trinajstić information content (AvgIpc) is 3.30. The largest absolute Gasteiger partial charge is 0.478 e. The van der Waals surface area contributed by atoms with Crippen LogP contribution in [0, 0.1) is 5.92 Å². The summed E-state index contributed by atoms with van der Waals surface area (Å²) in [7, 11) is 0. The number of anilines is 1.